The fraction of sp³-hybridized carbons (Fsp3) is 0.488. The first-order valence-corrected chi connectivity index (χ1v) is 19.3. The lowest BCUT2D eigenvalue weighted by atomic mass is 9.87. The first kappa shape index (κ1) is 40.3. The summed E-state index contributed by atoms with van der Waals surface area (Å²) < 4.78 is 16.8. The van der Waals surface area contributed by atoms with Crippen LogP contribution in [0.2, 0.25) is 0 Å². The van der Waals surface area contributed by atoms with Gasteiger partial charge in [0.05, 0.1) is 41.4 Å². The van der Waals surface area contributed by atoms with E-state index in [4.69, 9.17) is 14.2 Å². The van der Waals surface area contributed by atoms with Crippen LogP contribution in [0.3, 0.4) is 0 Å². The molecule has 0 unspecified atom stereocenters. The number of unbranched alkanes of at least 4 members (excludes halogenated alkanes) is 9. The minimum atomic E-state index is -0.337. The standard InChI is InChI=1S/C43H56N4O5/c1-3-5-15-34-16-20-36(21-17-34)44-45-37-22-24-38(25-23-37)46-47-39-26-30-41(31-27-39)52-43(49)35-18-28-40(29-19-35)50-32-13-11-9-7-6-8-10-12-14-33-51-42(48)4-2/h4,16-17,20-27,30-31,35,40H,2-3,5-15,18-19,28-29,32-33H2,1H3/b45-44+,47-46+. The van der Waals surface area contributed by atoms with Gasteiger partial charge in [0.2, 0.25) is 0 Å². The van der Waals surface area contributed by atoms with E-state index in [1.54, 1.807) is 24.3 Å². The molecule has 3 aromatic carbocycles. The second kappa shape index (κ2) is 23.9. The molecule has 1 fully saturated rings. The number of hydrogen-bond donors (Lipinski definition) is 0. The predicted octanol–water partition coefficient (Wildman–Crippen LogP) is 12.6. The van der Waals surface area contributed by atoms with E-state index in [0.717, 1.165) is 69.3 Å². The van der Waals surface area contributed by atoms with Crippen molar-refractivity contribution < 1.29 is 23.8 Å². The second-order valence-corrected chi connectivity index (χ2v) is 13.5. The maximum absolute atomic E-state index is 12.8. The van der Waals surface area contributed by atoms with Gasteiger partial charge in [-0.05, 0) is 118 Å². The van der Waals surface area contributed by atoms with E-state index < -0.39 is 0 Å². The van der Waals surface area contributed by atoms with Gasteiger partial charge in [0.25, 0.3) is 0 Å². The minimum Gasteiger partial charge on any atom is -0.463 e. The van der Waals surface area contributed by atoms with Crippen molar-refractivity contribution in [3.8, 4) is 5.75 Å². The van der Waals surface area contributed by atoms with E-state index in [0.29, 0.717) is 23.7 Å². The Morgan fingerprint density at radius 3 is 1.60 bits per heavy atom. The first-order chi connectivity index (χ1) is 25.5. The van der Waals surface area contributed by atoms with Crippen molar-refractivity contribution in [1.29, 1.82) is 0 Å². The van der Waals surface area contributed by atoms with Gasteiger partial charge in [-0.1, -0.05) is 77.0 Å². The summed E-state index contributed by atoms with van der Waals surface area (Å²) in [5.41, 5.74) is 4.26. The Hall–Kier alpha value is -4.50. The molecule has 0 spiro atoms. The SMILES string of the molecule is C=CC(=O)OCCCCCCCCCCCOC1CCC(C(=O)Oc2ccc(/N=N/c3ccc(/N=N/c4ccc(CCCC)cc4)cc3)cc2)CC1. The molecule has 0 aliphatic heterocycles. The van der Waals surface area contributed by atoms with Gasteiger partial charge in [0.1, 0.15) is 5.75 Å². The largest absolute Gasteiger partial charge is 0.463 e. The summed E-state index contributed by atoms with van der Waals surface area (Å²) in [6.45, 7) is 6.88. The summed E-state index contributed by atoms with van der Waals surface area (Å²) in [7, 11) is 0. The minimum absolute atomic E-state index is 0.0972. The van der Waals surface area contributed by atoms with Crippen molar-refractivity contribution in [1.82, 2.24) is 0 Å². The Morgan fingerprint density at radius 1 is 0.635 bits per heavy atom. The molecule has 0 bridgehead atoms. The van der Waals surface area contributed by atoms with E-state index in [9.17, 15) is 9.59 Å². The average molecular weight is 709 g/mol. The summed E-state index contributed by atoms with van der Waals surface area (Å²) in [6, 6.07) is 22.7. The summed E-state index contributed by atoms with van der Waals surface area (Å²) in [5.74, 6) is -0.0972. The van der Waals surface area contributed by atoms with Crippen LogP contribution >= 0.6 is 0 Å². The second-order valence-electron chi connectivity index (χ2n) is 13.5. The van der Waals surface area contributed by atoms with Gasteiger partial charge in [-0.25, -0.2) is 4.79 Å². The van der Waals surface area contributed by atoms with Gasteiger partial charge >= 0.3 is 11.9 Å². The maximum Gasteiger partial charge on any atom is 0.330 e. The number of rotatable bonds is 23. The number of hydrogen-bond acceptors (Lipinski definition) is 9. The molecule has 0 atom stereocenters. The van der Waals surface area contributed by atoms with Crippen LogP contribution in [0.1, 0.15) is 109 Å². The summed E-state index contributed by atoms with van der Waals surface area (Å²) in [6.07, 6.45) is 18.7. The molecule has 1 saturated carbocycles. The molecule has 0 radical (unpaired) electrons. The number of ether oxygens (including phenoxy) is 3. The highest BCUT2D eigenvalue weighted by Gasteiger charge is 2.28. The molecule has 3 aromatic rings. The van der Waals surface area contributed by atoms with Crippen LogP contribution in [0, 0.1) is 5.92 Å². The zero-order valence-electron chi connectivity index (χ0n) is 30.9. The Kier molecular flexibility index (Phi) is 18.5. The number of benzene rings is 3. The van der Waals surface area contributed by atoms with Crippen LogP contribution in [-0.2, 0) is 25.5 Å². The lowest BCUT2D eigenvalue weighted by Gasteiger charge is -2.27. The summed E-state index contributed by atoms with van der Waals surface area (Å²) >= 11 is 0. The van der Waals surface area contributed by atoms with E-state index in [2.05, 4.69) is 46.1 Å². The summed E-state index contributed by atoms with van der Waals surface area (Å²) in [5, 5.41) is 17.3. The molecule has 0 N–H and O–H groups in total. The van der Waals surface area contributed by atoms with Crippen molar-refractivity contribution in [2.75, 3.05) is 13.2 Å². The molecule has 0 aromatic heterocycles. The van der Waals surface area contributed by atoms with E-state index >= 15 is 0 Å². The van der Waals surface area contributed by atoms with E-state index in [1.165, 1.54) is 63.0 Å². The lowest BCUT2D eigenvalue weighted by Crippen LogP contribution is -2.29. The topological polar surface area (TPSA) is 111 Å². The molecule has 278 valence electrons. The molecular weight excluding hydrogens is 652 g/mol. The van der Waals surface area contributed by atoms with Crippen molar-refractivity contribution in [2.45, 2.75) is 116 Å². The van der Waals surface area contributed by atoms with Crippen LogP contribution < -0.4 is 4.74 Å². The van der Waals surface area contributed by atoms with Gasteiger partial charge in [-0.15, -0.1) is 0 Å². The monoisotopic (exact) mass is 708 g/mol. The molecule has 1 aliphatic rings. The Labute approximate surface area is 310 Å². The fourth-order valence-corrected chi connectivity index (χ4v) is 6.10. The Bertz CT molecular complexity index is 1530. The van der Waals surface area contributed by atoms with Crippen LogP contribution in [-0.4, -0.2) is 31.3 Å². The van der Waals surface area contributed by atoms with Gasteiger partial charge in [-0.3, -0.25) is 4.79 Å². The average Bonchev–Trinajstić information content (AvgIpc) is 3.18. The quantitative estimate of drug-likeness (QED) is 0.0320. The molecule has 1 aliphatic carbocycles. The number of esters is 2. The third kappa shape index (κ3) is 15.8. The lowest BCUT2D eigenvalue weighted by molar-refractivity contribution is -0.141. The zero-order valence-corrected chi connectivity index (χ0v) is 30.9. The van der Waals surface area contributed by atoms with Crippen LogP contribution in [0.5, 0.6) is 5.75 Å². The highest BCUT2D eigenvalue weighted by atomic mass is 16.5. The Morgan fingerprint density at radius 2 is 1.10 bits per heavy atom. The number of nitrogens with zero attached hydrogens (tertiary/aromatic N) is 4. The van der Waals surface area contributed by atoms with Crippen LogP contribution in [0.4, 0.5) is 22.7 Å². The predicted molar refractivity (Wildman–Crippen MR) is 206 cm³/mol. The number of carbonyl (C=O) groups is 2. The highest BCUT2D eigenvalue weighted by Crippen LogP contribution is 2.29. The van der Waals surface area contributed by atoms with Gasteiger partial charge in [-0.2, -0.15) is 20.5 Å². The van der Waals surface area contributed by atoms with E-state index in [1.807, 2.05) is 36.4 Å². The third-order valence-corrected chi connectivity index (χ3v) is 9.28. The normalized spacial score (nSPS) is 15.9. The van der Waals surface area contributed by atoms with Crippen molar-refractivity contribution in [2.24, 2.45) is 26.4 Å². The van der Waals surface area contributed by atoms with Crippen molar-refractivity contribution in [3.05, 3.63) is 91.0 Å². The third-order valence-electron chi connectivity index (χ3n) is 9.28. The summed E-state index contributed by atoms with van der Waals surface area (Å²) in [4.78, 5) is 23.8. The van der Waals surface area contributed by atoms with Crippen molar-refractivity contribution in [3.63, 3.8) is 0 Å². The van der Waals surface area contributed by atoms with Crippen LogP contribution in [0.25, 0.3) is 0 Å². The Balaban J connectivity index is 1.04. The molecule has 9 nitrogen and oxygen atoms in total. The molecule has 0 heterocycles. The molecule has 4 rings (SSSR count). The molecule has 52 heavy (non-hydrogen) atoms. The van der Waals surface area contributed by atoms with Gasteiger partial charge in [0, 0.05) is 12.7 Å². The highest BCUT2D eigenvalue weighted by molar-refractivity contribution is 5.81. The van der Waals surface area contributed by atoms with Gasteiger partial charge < -0.3 is 14.2 Å². The number of carbonyl (C=O) groups excluding carboxylic acids is 2. The fourth-order valence-electron chi connectivity index (χ4n) is 6.10. The molecule has 0 saturated heterocycles. The van der Waals surface area contributed by atoms with Gasteiger partial charge in [0.15, 0.2) is 0 Å². The molecular formula is C43H56N4O5. The van der Waals surface area contributed by atoms with Crippen LogP contribution in [0.15, 0.2) is 106 Å². The maximum atomic E-state index is 12.8. The zero-order chi connectivity index (χ0) is 36.6. The first-order valence-electron chi connectivity index (χ1n) is 19.3. The van der Waals surface area contributed by atoms with Crippen molar-refractivity contribution >= 4 is 34.7 Å². The van der Waals surface area contributed by atoms with E-state index in [-0.39, 0.29) is 24.0 Å². The smallest absolute Gasteiger partial charge is 0.330 e. The molecule has 0 amide bonds. The number of azo groups is 2. The number of aryl methyl sites for hydroxylation is 1. The molecule has 9 heteroatoms.